The first-order chi connectivity index (χ1) is 10.2. The fourth-order valence-corrected chi connectivity index (χ4v) is 7.33. The van der Waals surface area contributed by atoms with Crippen LogP contribution in [-0.2, 0) is 0 Å². The van der Waals surface area contributed by atoms with Crippen LogP contribution in [0.3, 0.4) is 0 Å². The summed E-state index contributed by atoms with van der Waals surface area (Å²) in [5, 5.41) is 21.3. The van der Waals surface area contributed by atoms with E-state index in [1.165, 1.54) is 38.5 Å². The van der Waals surface area contributed by atoms with Crippen molar-refractivity contribution in [2.75, 3.05) is 0 Å². The molecule has 0 radical (unpaired) electrons. The molecule has 1 unspecified atom stereocenters. The zero-order valence-corrected chi connectivity index (χ0v) is 14.6. The summed E-state index contributed by atoms with van der Waals surface area (Å²) in [7, 11) is 0. The van der Waals surface area contributed by atoms with E-state index in [1.54, 1.807) is 0 Å². The van der Waals surface area contributed by atoms with Crippen LogP contribution >= 0.6 is 0 Å². The van der Waals surface area contributed by atoms with E-state index in [2.05, 4.69) is 13.8 Å². The molecule has 0 aliphatic heterocycles. The van der Waals surface area contributed by atoms with Crippen LogP contribution in [-0.4, -0.2) is 21.4 Å². The third-order valence-electron chi connectivity index (χ3n) is 8.80. The van der Waals surface area contributed by atoms with Gasteiger partial charge in [0.15, 0.2) is 0 Å². The molecular weight excluding hydrogens is 272 g/mol. The molecule has 0 saturated heterocycles. The summed E-state index contributed by atoms with van der Waals surface area (Å²) in [6, 6.07) is 0. The highest BCUT2D eigenvalue weighted by Crippen LogP contribution is 2.65. The Kier molecular flexibility index (Phi) is 3.32. The Hall–Kier alpha value is -0.0800. The van der Waals surface area contributed by atoms with E-state index in [4.69, 9.17) is 0 Å². The van der Waals surface area contributed by atoms with Crippen molar-refractivity contribution in [1.29, 1.82) is 0 Å². The first-order valence-corrected chi connectivity index (χ1v) is 9.68. The second-order valence-corrected chi connectivity index (χ2v) is 9.94. The molecule has 0 aromatic carbocycles. The average Bonchev–Trinajstić information content (AvgIpc) is 2.68. The summed E-state index contributed by atoms with van der Waals surface area (Å²) in [5.41, 5.74) is -0.703. The minimum Gasteiger partial charge on any atom is -0.390 e. The van der Waals surface area contributed by atoms with Gasteiger partial charge in [0.05, 0.1) is 11.2 Å². The third-order valence-corrected chi connectivity index (χ3v) is 8.80. The molecule has 0 bridgehead atoms. The maximum atomic E-state index is 10.9. The molecule has 2 N–H and O–H groups in total. The highest BCUT2D eigenvalue weighted by molar-refractivity contribution is 5.11. The van der Waals surface area contributed by atoms with Gasteiger partial charge in [0.2, 0.25) is 0 Å². The Morgan fingerprint density at radius 1 is 0.727 bits per heavy atom. The first-order valence-electron chi connectivity index (χ1n) is 9.68. The summed E-state index contributed by atoms with van der Waals surface area (Å²) in [4.78, 5) is 0. The van der Waals surface area contributed by atoms with Crippen molar-refractivity contribution in [3.63, 3.8) is 0 Å². The summed E-state index contributed by atoms with van der Waals surface area (Å²) in [6.45, 7) is 6.51. The van der Waals surface area contributed by atoms with E-state index in [9.17, 15) is 10.2 Å². The van der Waals surface area contributed by atoms with Crippen molar-refractivity contribution in [2.45, 2.75) is 89.8 Å². The Bertz CT molecular complexity index is 455. The minimum absolute atomic E-state index is 0.154. The predicted molar refractivity (Wildman–Crippen MR) is 88.4 cm³/mol. The molecule has 2 nitrogen and oxygen atoms in total. The molecule has 126 valence electrons. The zero-order valence-electron chi connectivity index (χ0n) is 14.6. The largest absolute Gasteiger partial charge is 0.390 e. The van der Waals surface area contributed by atoms with Crippen LogP contribution in [0.5, 0.6) is 0 Å². The van der Waals surface area contributed by atoms with Gasteiger partial charge < -0.3 is 10.2 Å². The molecule has 4 saturated carbocycles. The van der Waals surface area contributed by atoms with Crippen LogP contribution in [0.25, 0.3) is 0 Å². The average molecular weight is 306 g/mol. The van der Waals surface area contributed by atoms with Crippen LogP contribution in [0, 0.1) is 35.0 Å². The molecule has 0 heterocycles. The Morgan fingerprint density at radius 3 is 2.23 bits per heavy atom. The van der Waals surface area contributed by atoms with Gasteiger partial charge in [-0.2, -0.15) is 0 Å². The smallest absolute Gasteiger partial charge is 0.0675 e. The Labute approximate surface area is 135 Å². The van der Waals surface area contributed by atoms with Gasteiger partial charge in [0, 0.05) is 0 Å². The topological polar surface area (TPSA) is 40.5 Å². The lowest BCUT2D eigenvalue weighted by Crippen LogP contribution is -2.53. The molecule has 4 fully saturated rings. The van der Waals surface area contributed by atoms with E-state index < -0.39 is 11.2 Å². The molecule has 4 aliphatic rings. The molecular formula is C20H34O2. The standard InChI is InChI=1S/C20H34O2/c1-18(21)9-6-14-13(12-18)4-5-16-15(14)7-10-19(2)17(16)8-11-20(19,3)22/h13-17,21-22H,4-12H2,1-3H3/t13-,14+,15-,16-,17+,18-,19+,20?/m1/s1. The predicted octanol–water partition coefficient (Wildman–Crippen LogP) is 4.14. The van der Waals surface area contributed by atoms with Crippen molar-refractivity contribution in [3.8, 4) is 0 Å². The molecule has 22 heavy (non-hydrogen) atoms. The van der Waals surface area contributed by atoms with Gasteiger partial charge >= 0.3 is 0 Å². The van der Waals surface area contributed by atoms with Gasteiger partial charge in [0.1, 0.15) is 0 Å². The lowest BCUT2D eigenvalue weighted by Gasteiger charge is -2.57. The monoisotopic (exact) mass is 306 g/mol. The SMILES string of the molecule is CC1(O)CC[C@H]2[C@@H]3CC[C@@H]4C[C@](C)(O)CC[C@@H]4[C@H]3CC[C@@]21C. The van der Waals surface area contributed by atoms with Gasteiger partial charge in [-0.25, -0.2) is 0 Å². The van der Waals surface area contributed by atoms with Crippen molar-refractivity contribution >= 4 is 0 Å². The third kappa shape index (κ3) is 2.05. The van der Waals surface area contributed by atoms with Crippen LogP contribution in [0.1, 0.15) is 78.6 Å². The number of hydrogen-bond donors (Lipinski definition) is 2. The number of aliphatic hydroxyl groups is 2. The summed E-state index contributed by atoms with van der Waals surface area (Å²) in [6.07, 6.45) is 10.7. The van der Waals surface area contributed by atoms with E-state index >= 15 is 0 Å². The van der Waals surface area contributed by atoms with Crippen LogP contribution in [0.2, 0.25) is 0 Å². The maximum Gasteiger partial charge on any atom is 0.0675 e. The second kappa shape index (κ2) is 4.72. The normalized spacial score (nSPS) is 61.2. The molecule has 4 rings (SSSR count). The van der Waals surface area contributed by atoms with Crippen molar-refractivity contribution in [3.05, 3.63) is 0 Å². The van der Waals surface area contributed by atoms with Crippen molar-refractivity contribution in [1.82, 2.24) is 0 Å². The number of hydrogen-bond acceptors (Lipinski definition) is 2. The fourth-order valence-electron chi connectivity index (χ4n) is 7.33. The van der Waals surface area contributed by atoms with Gasteiger partial charge in [0.25, 0.3) is 0 Å². The van der Waals surface area contributed by atoms with Crippen LogP contribution in [0.4, 0.5) is 0 Å². The summed E-state index contributed by atoms with van der Waals surface area (Å²) in [5.74, 6) is 4.08. The Morgan fingerprint density at radius 2 is 1.45 bits per heavy atom. The fraction of sp³-hybridized carbons (Fsp3) is 1.00. The highest BCUT2D eigenvalue weighted by Gasteiger charge is 2.61. The lowest BCUT2D eigenvalue weighted by molar-refractivity contribution is -0.133. The van der Waals surface area contributed by atoms with Crippen molar-refractivity contribution in [2.24, 2.45) is 35.0 Å². The quantitative estimate of drug-likeness (QED) is 0.706. The first kappa shape index (κ1) is 15.4. The van der Waals surface area contributed by atoms with Crippen LogP contribution < -0.4 is 0 Å². The van der Waals surface area contributed by atoms with Gasteiger partial charge in [-0.3, -0.25) is 0 Å². The molecule has 8 atom stereocenters. The van der Waals surface area contributed by atoms with Gasteiger partial charge in [-0.05, 0) is 107 Å². The second-order valence-electron chi connectivity index (χ2n) is 9.94. The Balaban J connectivity index is 1.57. The lowest BCUT2D eigenvalue weighted by atomic mass is 9.48. The number of rotatable bonds is 0. The summed E-state index contributed by atoms with van der Waals surface area (Å²) < 4.78 is 0. The molecule has 0 spiro atoms. The van der Waals surface area contributed by atoms with Gasteiger partial charge in [-0.1, -0.05) is 6.92 Å². The van der Waals surface area contributed by atoms with Crippen molar-refractivity contribution < 1.29 is 10.2 Å². The number of fused-ring (bicyclic) bond motifs is 5. The zero-order chi connectivity index (χ0) is 15.8. The highest BCUT2D eigenvalue weighted by atomic mass is 16.3. The maximum absolute atomic E-state index is 10.9. The molecule has 0 aromatic heterocycles. The van der Waals surface area contributed by atoms with E-state index in [-0.39, 0.29) is 5.41 Å². The van der Waals surface area contributed by atoms with E-state index in [0.717, 1.165) is 48.9 Å². The van der Waals surface area contributed by atoms with Crippen LogP contribution in [0.15, 0.2) is 0 Å². The molecule has 2 heteroatoms. The summed E-state index contributed by atoms with van der Waals surface area (Å²) >= 11 is 0. The molecule has 4 aliphatic carbocycles. The minimum atomic E-state index is -0.449. The van der Waals surface area contributed by atoms with E-state index in [0.29, 0.717) is 0 Å². The van der Waals surface area contributed by atoms with E-state index in [1.807, 2.05) is 6.92 Å². The molecule has 0 amide bonds. The molecule has 0 aromatic rings. The van der Waals surface area contributed by atoms with Gasteiger partial charge in [-0.15, -0.1) is 0 Å².